The molecule has 0 saturated carbocycles. The summed E-state index contributed by atoms with van der Waals surface area (Å²) in [6.07, 6.45) is 15.8. The van der Waals surface area contributed by atoms with E-state index in [0.717, 1.165) is 19.8 Å². The van der Waals surface area contributed by atoms with Gasteiger partial charge in [0.05, 0.1) is 13.2 Å². The molecule has 2 nitrogen and oxygen atoms in total. The minimum absolute atomic E-state index is 0.428. The summed E-state index contributed by atoms with van der Waals surface area (Å²) in [4.78, 5) is 0. The van der Waals surface area contributed by atoms with Crippen LogP contribution in [0, 0.1) is 0 Å². The SMILES string of the molecule is CCCCCCCCCCCCCOC[C@@H]1CO1. The standard InChI is InChI=1S/C16H32O2/c1-2-3-4-5-6-7-8-9-10-11-12-13-17-14-16-15-18-16/h16H,2-15H2,1H3/t16-/m1/s1. The maximum atomic E-state index is 5.52. The van der Waals surface area contributed by atoms with Crippen molar-refractivity contribution in [2.75, 3.05) is 19.8 Å². The minimum atomic E-state index is 0.428. The van der Waals surface area contributed by atoms with Crippen molar-refractivity contribution in [2.45, 2.75) is 83.7 Å². The molecule has 0 bridgehead atoms. The molecule has 0 amide bonds. The highest BCUT2D eigenvalue weighted by atomic mass is 16.6. The van der Waals surface area contributed by atoms with E-state index in [1.165, 1.54) is 70.6 Å². The monoisotopic (exact) mass is 256 g/mol. The fraction of sp³-hybridized carbons (Fsp3) is 1.00. The molecule has 108 valence electrons. The first-order valence-corrected chi connectivity index (χ1v) is 8.13. The van der Waals surface area contributed by atoms with Crippen molar-refractivity contribution in [3.63, 3.8) is 0 Å². The Bertz CT molecular complexity index is 166. The average molecular weight is 256 g/mol. The lowest BCUT2D eigenvalue weighted by Gasteiger charge is -2.03. The van der Waals surface area contributed by atoms with Crippen molar-refractivity contribution in [1.29, 1.82) is 0 Å². The second-order valence-electron chi connectivity index (χ2n) is 5.57. The van der Waals surface area contributed by atoms with Gasteiger partial charge in [-0.2, -0.15) is 0 Å². The summed E-state index contributed by atoms with van der Waals surface area (Å²) in [6.45, 7) is 4.94. The summed E-state index contributed by atoms with van der Waals surface area (Å²) in [6, 6.07) is 0. The van der Waals surface area contributed by atoms with Gasteiger partial charge in [0.1, 0.15) is 6.10 Å². The normalized spacial score (nSPS) is 18.2. The quantitative estimate of drug-likeness (QED) is 0.331. The topological polar surface area (TPSA) is 21.8 Å². The van der Waals surface area contributed by atoms with Gasteiger partial charge in [0, 0.05) is 6.61 Å². The van der Waals surface area contributed by atoms with Crippen LogP contribution in [0.5, 0.6) is 0 Å². The van der Waals surface area contributed by atoms with Crippen LogP contribution in [0.4, 0.5) is 0 Å². The van der Waals surface area contributed by atoms with Crippen molar-refractivity contribution in [2.24, 2.45) is 0 Å². The largest absolute Gasteiger partial charge is 0.379 e. The molecule has 0 unspecified atom stereocenters. The van der Waals surface area contributed by atoms with Crippen molar-refractivity contribution >= 4 is 0 Å². The predicted octanol–water partition coefficient (Wildman–Crippen LogP) is 4.71. The zero-order valence-electron chi connectivity index (χ0n) is 12.3. The van der Waals surface area contributed by atoms with E-state index in [0.29, 0.717) is 6.10 Å². The van der Waals surface area contributed by atoms with E-state index in [9.17, 15) is 0 Å². The molecule has 0 aromatic rings. The fourth-order valence-corrected chi connectivity index (χ4v) is 2.25. The van der Waals surface area contributed by atoms with Gasteiger partial charge in [-0.05, 0) is 6.42 Å². The number of ether oxygens (including phenoxy) is 2. The van der Waals surface area contributed by atoms with Crippen molar-refractivity contribution < 1.29 is 9.47 Å². The van der Waals surface area contributed by atoms with Crippen LogP contribution in [0.2, 0.25) is 0 Å². The van der Waals surface area contributed by atoms with Gasteiger partial charge in [0.15, 0.2) is 0 Å². The van der Waals surface area contributed by atoms with Crippen LogP contribution in [-0.4, -0.2) is 25.9 Å². The third-order valence-electron chi connectivity index (χ3n) is 3.60. The van der Waals surface area contributed by atoms with Crippen molar-refractivity contribution in [3.05, 3.63) is 0 Å². The van der Waals surface area contributed by atoms with Crippen LogP contribution in [-0.2, 0) is 9.47 Å². The summed E-state index contributed by atoms with van der Waals surface area (Å²) >= 11 is 0. The zero-order chi connectivity index (χ0) is 12.9. The molecule has 1 rings (SSSR count). The first-order chi connectivity index (χ1) is 8.93. The van der Waals surface area contributed by atoms with Crippen LogP contribution in [0.15, 0.2) is 0 Å². The Morgan fingerprint density at radius 2 is 1.33 bits per heavy atom. The smallest absolute Gasteiger partial charge is 0.104 e. The first-order valence-electron chi connectivity index (χ1n) is 8.13. The van der Waals surface area contributed by atoms with E-state index >= 15 is 0 Å². The Morgan fingerprint density at radius 1 is 0.833 bits per heavy atom. The maximum absolute atomic E-state index is 5.52. The zero-order valence-corrected chi connectivity index (χ0v) is 12.3. The van der Waals surface area contributed by atoms with Gasteiger partial charge < -0.3 is 9.47 Å². The molecule has 0 spiro atoms. The summed E-state index contributed by atoms with van der Waals surface area (Å²) in [7, 11) is 0. The van der Waals surface area contributed by atoms with Gasteiger partial charge >= 0.3 is 0 Å². The molecular formula is C16H32O2. The maximum Gasteiger partial charge on any atom is 0.104 e. The molecular weight excluding hydrogens is 224 g/mol. The van der Waals surface area contributed by atoms with Crippen LogP contribution in [0.1, 0.15) is 77.6 Å². The second-order valence-corrected chi connectivity index (χ2v) is 5.57. The fourth-order valence-electron chi connectivity index (χ4n) is 2.25. The molecule has 0 aliphatic carbocycles. The van der Waals surface area contributed by atoms with E-state index in [1.807, 2.05) is 0 Å². The van der Waals surface area contributed by atoms with Gasteiger partial charge in [-0.1, -0.05) is 71.1 Å². The molecule has 1 aliphatic rings. The third-order valence-corrected chi connectivity index (χ3v) is 3.60. The lowest BCUT2D eigenvalue weighted by atomic mass is 10.1. The number of unbranched alkanes of at least 4 members (excludes halogenated alkanes) is 10. The molecule has 0 aromatic heterocycles. The van der Waals surface area contributed by atoms with Crippen molar-refractivity contribution in [3.8, 4) is 0 Å². The summed E-state index contributed by atoms with van der Waals surface area (Å²) in [5, 5.41) is 0. The van der Waals surface area contributed by atoms with Crippen LogP contribution >= 0.6 is 0 Å². The molecule has 0 aromatic carbocycles. The molecule has 0 N–H and O–H groups in total. The molecule has 1 fully saturated rings. The number of hydrogen-bond acceptors (Lipinski definition) is 2. The van der Waals surface area contributed by atoms with Gasteiger partial charge in [0.2, 0.25) is 0 Å². The van der Waals surface area contributed by atoms with E-state index < -0.39 is 0 Å². The highest BCUT2D eigenvalue weighted by molar-refractivity contribution is 4.66. The van der Waals surface area contributed by atoms with Gasteiger partial charge in [-0.15, -0.1) is 0 Å². The van der Waals surface area contributed by atoms with Crippen LogP contribution in [0.25, 0.3) is 0 Å². The Kier molecular flexibility index (Phi) is 10.6. The summed E-state index contributed by atoms with van der Waals surface area (Å²) < 4.78 is 10.6. The van der Waals surface area contributed by atoms with E-state index in [-0.39, 0.29) is 0 Å². The molecule has 18 heavy (non-hydrogen) atoms. The summed E-state index contributed by atoms with van der Waals surface area (Å²) in [5.74, 6) is 0. The van der Waals surface area contributed by atoms with Gasteiger partial charge in [-0.25, -0.2) is 0 Å². The molecule has 2 heteroatoms. The number of epoxide rings is 1. The van der Waals surface area contributed by atoms with E-state index in [1.54, 1.807) is 0 Å². The number of hydrogen-bond donors (Lipinski definition) is 0. The lowest BCUT2D eigenvalue weighted by Crippen LogP contribution is -2.02. The second kappa shape index (κ2) is 12.0. The molecule has 1 saturated heterocycles. The predicted molar refractivity (Wildman–Crippen MR) is 77.0 cm³/mol. The highest BCUT2D eigenvalue weighted by Gasteiger charge is 2.21. The average Bonchev–Trinajstić information content (AvgIpc) is 3.19. The molecule has 1 aliphatic heterocycles. The number of rotatable bonds is 14. The third kappa shape index (κ3) is 11.0. The Labute approximate surface area is 113 Å². The van der Waals surface area contributed by atoms with E-state index in [2.05, 4.69) is 6.92 Å². The minimum Gasteiger partial charge on any atom is -0.379 e. The Hall–Kier alpha value is -0.0800. The first kappa shape index (κ1) is 16.0. The highest BCUT2D eigenvalue weighted by Crippen LogP contribution is 2.12. The Morgan fingerprint density at radius 3 is 1.83 bits per heavy atom. The Balaban J connectivity index is 1.60. The molecule has 1 heterocycles. The molecule has 1 atom stereocenters. The lowest BCUT2D eigenvalue weighted by molar-refractivity contribution is 0.113. The van der Waals surface area contributed by atoms with Crippen LogP contribution < -0.4 is 0 Å². The van der Waals surface area contributed by atoms with Crippen LogP contribution in [0.3, 0.4) is 0 Å². The summed E-state index contributed by atoms with van der Waals surface area (Å²) in [5.41, 5.74) is 0. The van der Waals surface area contributed by atoms with Gasteiger partial charge in [-0.3, -0.25) is 0 Å². The van der Waals surface area contributed by atoms with Gasteiger partial charge in [0.25, 0.3) is 0 Å². The molecule has 0 radical (unpaired) electrons. The van der Waals surface area contributed by atoms with E-state index in [4.69, 9.17) is 9.47 Å². The van der Waals surface area contributed by atoms with Crippen molar-refractivity contribution in [1.82, 2.24) is 0 Å².